The number of hydrogen-bond acceptors (Lipinski definition) is 1. The number of hydrogen-bond donors (Lipinski definition) is 0. The number of Topliss-reactive ketones (excluding diaryl/α,β-unsaturated/α-hetero) is 1. The number of rotatable bonds is 5. The van der Waals surface area contributed by atoms with Gasteiger partial charge in [0.05, 0.1) is 3.92 Å². The van der Waals surface area contributed by atoms with Gasteiger partial charge in [-0.1, -0.05) is 76.5 Å². The molecule has 4 saturated carbocycles. The molecule has 0 spiro atoms. The van der Waals surface area contributed by atoms with Gasteiger partial charge in [-0.05, 0) is 97.2 Å². The SMILES string of the molecule is CC(C)CCC[C@@H](C)[C@H]1CC[C@H]2[C@@H]3CC[C@@H]4[C@@H](I)C(=O)CC[C@]4(C)[C@H]3CC[C@]12C. The molecule has 0 aromatic carbocycles. The third kappa shape index (κ3) is 3.78. The Balaban J connectivity index is 1.48. The Morgan fingerprint density at radius 3 is 2.31 bits per heavy atom. The molecular weight excluding hydrogens is 467 g/mol. The second-order valence-electron chi connectivity index (χ2n) is 12.5. The van der Waals surface area contributed by atoms with Crippen molar-refractivity contribution in [2.75, 3.05) is 0 Å². The molecule has 0 unspecified atom stereocenters. The highest BCUT2D eigenvalue weighted by Gasteiger charge is 2.61. The molecule has 29 heavy (non-hydrogen) atoms. The Morgan fingerprint density at radius 1 is 0.897 bits per heavy atom. The summed E-state index contributed by atoms with van der Waals surface area (Å²) in [6.07, 6.45) is 14.9. The lowest BCUT2D eigenvalue weighted by Gasteiger charge is -2.61. The van der Waals surface area contributed by atoms with Crippen LogP contribution in [0.25, 0.3) is 0 Å². The molecular formula is C27H45IO. The summed E-state index contributed by atoms with van der Waals surface area (Å²) in [6, 6.07) is 0. The average molecular weight is 513 g/mol. The summed E-state index contributed by atoms with van der Waals surface area (Å²) in [5, 5.41) is 0. The minimum atomic E-state index is 0.290. The molecule has 0 N–H and O–H groups in total. The number of ketones is 1. The maximum absolute atomic E-state index is 12.4. The molecule has 1 nitrogen and oxygen atoms in total. The predicted octanol–water partition coefficient (Wildman–Crippen LogP) is 8.09. The maximum Gasteiger partial charge on any atom is 0.145 e. The van der Waals surface area contributed by atoms with E-state index in [9.17, 15) is 4.79 Å². The summed E-state index contributed by atoms with van der Waals surface area (Å²) in [5.74, 6) is 6.70. The van der Waals surface area contributed by atoms with Gasteiger partial charge in [0.15, 0.2) is 0 Å². The van der Waals surface area contributed by atoms with E-state index in [-0.39, 0.29) is 3.92 Å². The Bertz CT molecular complexity index is 614. The smallest absolute Gasteiger partial charge is 0.145 e. The first-order chi connectivity index (χ1) is 13.7. The van der Waals surface area contributed by atoms with Gasteiger partial charge < -0.3 is 0 Å². The Kier molecular flexibility index (Phi) is 6.54. The third-order valence-corrected chi connectivity index (χ3v) is 12.3. The molecule has 4 rings (SSSR count). The van der Waals surface area contributed by atoms with E-state index in [2.05, 4.69) is 57.2 Å². The number of halogens is 1. The maximum atomic E-state index is 12.4. The Morgan fingerprint density at radius 2 is 1.59 bits per heavy atom. The largest absolute Gasteiger partial charge is 0.299 e. The second-order valence-corrected chi connectivity index (χ2v) is 13.8. The average Bonchev–Trinajstić information content (AvgIpc) is 3.02. The molecule has 0 heterocycles. The first kappa shape index (κ1) is 22.6. The molecule has 4 fully saturated rings. The summed E-state index contributed by atoms with van der Waals surface area (Å²) in [7, 11) is 0. The van der Waals surface area contributed by atoms with Gasteiger partial charge in [0.25, 0.3) is 0 Å². The van der Waals surface area contributed by atoms with Crippen molar-refractivity contribution in [2.24, 2.45) is 52.3 Å². The molecule has 0 amide bonds. The zero-order chi connectivity index (χ0) is 21.0. The molecule has 0 radical (unpaired) electrons. The van der Waals surface area contributed by atoms with Crippen molar-refractivity contribution in [3.63, 3.8) is 0 Å². The van der Waals surface area contributed by atoms with Crippen LogP contribution < -0.4 is 0 Å². The fourth-order valence-corrected chi connectivity index (χ4v) is 10.6. The number of carbonyl (C=O) groups excluding carboxylic acids is 1. The summed E-state index contributed by atoms with van der Waals surface area (Å²) in [5.41, 5.74) is 1.03. The summed E-state index contributed by atoms with van der Waals surface area (Å²) < 4.78 is 0.290. The van der Waals surface area contributed by atoms with Crippen LogP contribution in [0, 0.1) is 52.3 Å². The minimum absolute atomic E-state index is 0.290. The van der Waals surface area contributed by atoms with Gasteiger partial charge in [-0.2, -0.15) is 0 Å². The molecule has 0 bridgehead atoms. The van der Waals surface area contributed by atoms with Crippen LogP contribution in [0.4, 0.5) is 0 Å². The van der Waals surface area contributed by atoms with Crippen molar-refractivity contribution in [3.8, 4) is 0 Å². The van der Waals surface area contributed by atoms with Crippen LogP contribution in [0.5, 0.6) is 0 Å². The number of fused-ring (bicyclic) bond motifs is 5. The van der Waals surface area contributed by atoms with Gasteiger partial charge in [0.1, 0.15) is 5.78 Å². The van der Waals surface area contributed by atoms with Crippen LogP contribution in [0.15, 0.2) is 0 Å². The Hall–Kier alpha value is 0.400. The first-order valence-corrected chi connectivity index (χ1v) is 14.1. The monoisotopic (exact) mass is 512 g/mol. The Labute approximate surface area is 194 Å². The molecule has 4 aliphatic rings. The standard InChI is InChI=1S/C27H45IO/c1-17(2)7-6-8-18(3)20-11-12-21-19-9-10-23-25(28)24(29)14-16-27(23,5)22(19)13-15-26(20,21)4/h17-23,25H,6-16H2,1-5H3/t18-,19+,20-,21+,22+,23-,25-,26-,27-/m1/s1. The van der Waals surface area contributed by atoms with E-state index >= 15 is 0 Å². The first-order valence-electron chi connectivity index (χ1n) is 12.8. The van der Waals surface area contributed by atoms with Crippen LogP contribution in [0.3, 0.4) is 0 Å². The fourth-order valence-electron chi connectivity index (χ4n) is 9.12. The molecule has 0 aromatic rings. The molecule has 0 aromatic heterocycles. The van der Waals surface area contributed by atoms with Crippen LogP contribution in [-0.2, 0) is 4.79 Å². The highest BCUT2D eigenvalue weighted by molar-refractivity contribution is 14.1. The van der Waals surface area contributed by atoms with Crippen molar-refractivity contribution >= 4 is 28.4 Å². The molecule has 2 heteroatoms. The lowest BCUT2D eigenvalue weighted by molar-refractivity contribution is -0.137. The highest BCUT2D eigenvalue weighted by Crippen LogP contribution is 2.68. The zero-order valence-corrected chi connectivity index (χ0v) is 21.8. The lowest BCUT2D eigenvalue weighted by Crippen LogP contribution is -2.56. The highest BCUT2D eigenvalue weighted by atomic mass is 127. The van der Waals surface area contributed by atoms with Gasteiger partial charge >= 0.3 is 0 Å². The molecule has 4 aliphatic carbocycles. The summed E-state index contributed by atoms with van der Waals surface area (Å²) in [4.78, 5) is 12.4. The quantitative estimate of drug-likeness (QED) is 0.269. The minimum Gasteiger partial charge on any atom is -0.299 e. The van der Waals surface area contributed by atoms with Gasteiger partial charge in [0, 0.05) is 6.42 Å². The van der Waals surface area contributed by atoms with Crippen LogP contribution in [-0.4, -0.2) is 9.71 Å². The topological polar surface area (TPSA) is 17.1 Å². The van der Waals surface area contributed by atoms with Gasteiger partial charge in [-0.25, -0.2) is 0 Å². The van der Waals surface area contributed by atoms with Crippen LogP contribution in [0.2, 0.25) is 0 Å². The van der Waals surface area contributed by atoms with E-state index in [0.29, 0.717) is 22.5 Å². The van der Waals surface area contributed by atoms with E-state index in [1.54, 1.807) is 0 Å². The van der Waals surface area contributed by atoms with Crippen molar-refractivity contribution in [3.05, 3.63) is 0 Å². The van der Waals surface area contributed by atoms with E-state index < -0.39 is 0 Å². The molecule has 0 aliphatic heterocycles. The fraction of sp³-hybridized carbons (Fsp3) is 0.963. The van der Waals surface area contributed by atoms with Gasteiger partial charge in [-0.3, -0.25) is 4.79 Å². The van der Waals surface area contributed by atoms with E-state index in [1.807, 2.05) is 0 Å². The van der Waals surface area contributed by atoms with Gasteiger partial charge in [-0.15, -0.1) is 0 Å². The van der Waals surface area contributed by atoms with Crippen molar-refractivity contribution in [1.29, 1.82) is 0 Å². The van der Waals surface area contributed by atoms with Crippen molar-refractivity contribution in [1.82, 2.24) is 0 Å². The third-order valence-electron chi connectivity index (χ3n) is 10.7. The van der Waals surface area contributed by atoms with Crippen molar-refractivity contribution in [2.45, 2.75) is 109 Å². The van der Waals surface area contributed by atoms with Gasteiger partial charge in [0.2, 0.25) is 0 Å². The van der Waals surface area contributed by atoms with E-state index in [0.717, 1.165) is 41.9 Å². The van der Waals surface area contributed by atoms with Crippen LogP contribution in [0.1, 0.15) is 105 Å². The van der Waals surface area contributed by atoms with E-state index in [1.165, 1.54) is 64.2 Å². The normalized spacial score (nSPS) is 48.2. The lowest BCUT2D eigenvalue weighted by atomic mass is 9.44. The molecule has 0 saturated heterocycles. The second kappa shape index (κ2) is 8.39. The van der Waals surface area contributed by atoms with Crippen LogP contribution >= 0.6 is 22.6 Å². The summed E-state index contributed by atoms with van der Waals surface area (Å²) >= 11 is 2.50. The number of alkyl halides is 1. The number of carbonyl (C=O) groups is 1. The van der Waals surface area contributed by atoms with Crippen molar-refractivity contribution < 1.29 is 4.79 Å². The molecule has 166 valence electrons. The zero-order valence-electron chi connectivity index (χ0n) is 19.7. The summed E-state index contributed by atoms with van der Waals surface area (Å²) in [6.45, 7) is 12.6. The molecule has 9 atom stereocenters. The predicted molar refractivity (Wildman–Crippen MR) is 131 cm³/mol. The van der Waals surface area contributed by atoms with E-state index in [4.69, 9.17) is 0 Å².